The highest BCUT2D eigenvalue weighted by Crippen LogP contribution is 2.17. The van der Waals surface area contributed by atoms with Crippen LogP contribution in [0.4, 0.5) is 5.69 Å². The van der Waals surface area contributed by atoms with Crippen molar-refractivity contribution in [3.05, 3.63) is 77.6 Å². The van der Waals surface area contributed by atoms with Crippen LogP contribution in [0.2, 0.25) is 0 Å². The minimum absolute atomic E-state index is 0.0152. The first kappa shape index (κ1) is 16.5. The maximum absolute atomic E-state index is 12.4. The van der Waals surface area contributed by atoms with E-state index < -0.39 is 0 Å². The van der Waals surface area contributed by atoms with Crippen LogP contribution < -0.4 is 5.32 Å². The largest absolute Gasteiger partial charge is 0.322 e. The van der Waals surface area contributed by atoms with Crippen molar-refractivity contribution in [3.63, 3.8) is 0 Å². The molecule has 3 rings (SSSR count). The lowest BCUT2D eigenvalue weighted by atomic mass is 10.1. The molecule has 1 aromatic heterocycles. The Bertz CT molecular complexity index is 919. The van der Waals surface area contributed by atoms with Gasteiger partial charge in [-0.3, -0.25) is 9.59 Å². The number of rotatable bonds is 4. The van der Waals surface area contributed by atoms with Crippen LogP contribution in [0.3, 0.4) is 0 Å². The molecule has 2 aromatic carbocycles. The lowest BCUT2D eigenvalue weighted by molar-refractivity contribution is 0.101. The van der Waals surface area contributed by atoms with Gasteiger partial charge in [0.15, 0.2) is 11.6 Å². The first-order valence-corrected chi connectivity index (χ1v) is 7.86. The second-order valence-electron chi connectivity index (χ2n) is 5.65. The molecule has 1 N–H and O–H groups in total. The lowest BCUT2D eigenvalue weighted by Gasteiger charge is -2.09. The molecule has 0 bridgehead atoms. The van der Waals surface area contributed by atoms with Crippen LogP contribution in [0.1, 0.15) is 33.3 Å². The van der Waals surface area contributed by atoms with Crippen molar-refractivity contribution in [3.8, 4) is 11.4 Å². The molecule has 0 fully saturated rings. The fourth-order valence-electron chi connectivity index (χ4n) is 2.40. The molecule has 1 amide bonds. The van der Waals surface area contributed by atoms with E-state index in [1.165, 1.54) is 13.1 Å². The number of nitrogens with zero attached hydrogens (tertiary/aromatic N) is 2. The molecule has 0 saturated carbocycles. The fourth-order valence-corrected chi connectivity index (χ4v) is 2.40. The molecular weight excluding hydrogens is 314 g/mol. The second-order valence-corrected chi connectivity index (χ2v) is 5.65. The van der Waals surface area contributed by atoms with Gasteiger partial charge < -0.3 is 5.32 Å². The summed E-state index contributed by atoms with van der Waals surface area (Å²) < 4.78 is 0. The Morgan fingerprint density at radius 3 is 2.24 bits per heavy atom. The van der Waals surface area contributed by atoms with Crippen LogP contribution in [-0.2, 0) is 0 Å². The molecule has 0 aliphatic heterocycles. The highest BCUT2D eigenvalue weighted by Gasteiger charge is 2.13. The van der Waals surface area contributed by atoms with Gasteiger partial charge in [0, 0.05) is 23.0 Å². The molecule has 124 valence electrons. The molecular formula is C20H17N3O2. The maximum atomic E-state index is 12.4. The molecule has 0 atom stereocenters. The zero-order valence-corrected chi connectivity index (χ0v) is 14.0. The lowest BCUT2D eigenvalue weighted by Crippen LogP contribution is -2.15. The van der Waals surface area contributed by atoms with Crippen molar-refractivity contribution in [1.82, 2.24) is 9.97 Å². The average Bonchev–Trinajstić information content (AvgIpc) is 2.62. The van der Waals surface area contributed by atoms with E-state index in [1.54, 1.807) is 31.2 Å². The molecule has 0 spiro atoms. The van der Waals surface area contributed by atoms with Crippen LogP contribution >= 0.6 is 0 Å². The molecule has 25 heavy (non-hydrogen) atoms. The van der Waals surface area contributed by atoms with E-state index in [1.807, 2.05) is 30.3 Å². The minimum Gasteiger partial charge on any atom is -0.322 e. The Kier molecular flexibility index (Phi) is 4.66. The van der Waals surface area contributed by atoms with Crippen LogP contribution in [0.5, 0.6) is 0 Å². The summed E-state index contributed by atoms with van der Waals surface area (Å²) in [5, 5.41) is 2.79. The molecule has 0 aliphatic carbocycles. The molecule has 5 nitrogen and oxygen atoms in total. The zero-order valence-electron chi connectivity index (χ0n) is 14.0. The summed E-state index contributed by atoms with van der Waals surface area (Å²) in [7, 11) is 0. The molecule has 5 heteroatoms. The van der Waals surface area contributed by atoms with Crippen molar-refractivity contribution >= 4 is 17.4 Å². The van der Waals surface area contributed by atoms with Crippen molar-refractivity contribution in [2.24, 2.45) is 0 Å². The van der Waals surface area contributed by atoms with Gasteiger partial charge in [0.25, 0.3) is 5.91 Å². The van der Waals surface area contributed by atoms with Crippen molar-refractivity contribution in [2.45, 2.75) is 13.8 Å². The first-order valence-electron chi connectivity index (χ1n) is 7.86. The predicted molar refractivity (Wildman–Crippen MR) is 96.6 cm³/mol. The Hall–Kier alpha value is -3.34. The minimum atomic E-state index is -0.285. The van der Waals surface area contributed by atoms with E-state index >= 15 is 0 Å². The van der Waals surface area contributed by atoms with Crippen molar-refractivity contribution in [1.29, 1.82) is 0 Å². The number of carbonyl (C=O) groups is 2. The number of carbonyl (C=O) groups excluding carboxylic acids is 2. The molecule has 3 aromatic rings. The highest BCUT2D eigenvalue weighted by molar-refractivity contribution is 6.05. The van der Waals surface area contributed by atoms with E-state index in [0.29, 0.717) is 28.3 Å². The number of hydrogen-bond acceptors (Lipinski definition) is 4. The summed E-state index contributed by atoms with van der Waals surface area (Å²) in [6, 6.07) is 16.4. The number of nitrogens with one attached hydrogen (secondary N) is 1. The van der Waals surface area contributed by atoms with E-state index in [-0.39, 0.29) is 11.7 Å². The Morgan fingerprint density at radius 2 is 1.64 bits per heavy atom. The van der Waals surface area contributed by atoms with Gasteiger partial charge >= 0.3 is 0 Å². The SMILES string of the molecule is CC(=O)c1ccc(NC(=O)c2cnc(-c3ccccc3)nc2C)cc1. The number of Topliss-reactive ketones (excluding diaryl/α,β-unsaturated/α-hetero) is 1. The molecule has 0 aliphatic rings. The number of anilines is 1. The van der Waals surface area contributed by atoms with E-state index in [0.717, 1.165) is 5.56 Å². The van der Waals surface area contributed by atoms with Crippen LogP contribution in [0.25, 0.3) is 11.4 Å². The smallest absolute Gasteiger partial charge is 0.259 e. The van der Waals surface area contributed by atoms with Gasteiger partial charge in [0.2, 0.25) is 0 Å². The normalized spacial score (nSPS) is 10.3. The summed E-state index contributed by atoms with van der Waals surface area (Å²) in [5.74, 6) is 0.284. The number of hydrogen-bond donors (Lipinski definition) is 1. The maximum Gasteiger partial charge on any atom is 0.259 e. The molecule has 1 heterocycles. The standard InChI is InChI=1S/C20H17N3O2/c1-13-18(12-21-19(22-13)16-6-4-3-5-7-16)20(25)23-17-10-8-15(9-11-17)14(2)24/h3-12H,1-2H3,(H,23,25). The fraction of sp³-hybridized carbons (Fsp3) is 0.100. The Morgan fingerprint density at radius 1 is 0.960 bits per heavy atom. The zero-order chi connectivity index (χ0) is 17.8. The van der Waals surface area contributed by atoms with Crippen molar-refractivity contribution < 1.29 is 9.59 Å². The number of aromatic nitrogens is 2. The van der Waals surface area contributed by atoms with Gasteiger partial charge in [-0.15, -0.1) is 0 Å². The van der Waals surface area contributed by atoms with Gasteiger partial charge in [0.05, 0.1) is 11.3 Å². The molecule has 0 radical (unpaired) electrons. The highest BCUT2D eigenvalue weighted by atomic mass is 16.1. The summed E-state index contributed by atoms with van der Waals surface area (Å²) in [6.07, 6.45) is 1.53. The third-order valence-corrected chi connectivity index (χ3v) is 3.81. The summed E-state index contributed by atoms with van der Waals surface area (Å²) >= 11 is 0. The summed E-state index contributed by atoms with van der Waals surface area (Å²) in [4.78, 5) is 32.5. The Labute approximate surface area is 145 Å². The van der Waals surface area contributed by atoms with Crippen LogP contribution in [0.15, 0.2) is 60.8 Å². The molecule has 0 unspecified atom stereocenters. The average molecular weight is 331 g/mol. The first-order chi connectivity index (χ1) is 12.0. The van der Waals surface area contributed by atoms with Crippen LogP contribution in [-0.4, -0.2) is 21.7 Å². The van der Waals surface area contributed by atoms with Gasteiger partial charge in [-0.25, -0.2) is 9.97 Å². The number of ketones is 1. The topological polar surface area (TPSA) is 72.0 Å². The predicted octanol–water partition coefficient (Wildman–Crippen LogP) is 3.91. The summed E-state index contributed by atoms with van der Waals surface area (Å²) in [5.41, 5.74) is 3.13. The number of benzene rings is 2. The monoisotopic (exact) mass is 331 g/mol. The summed E-state index contributed by atoms with van der Waals surface area (Å²) in [6.45, 7) is 3.28. The van der Waals surface area contributed by atoms with E-state index in [9.17, 15) is 9.59 Å². The van der Waals surface area contributed by atoms with Crippen LogP contribution in [0, 0.1) is 6.92 Å². The number of amides is 1. The third kappa shape index (κ3) is 3.77. The van der Waals surface area contributed by atoms with Crippen molar-refractivity contribution in [2.75, 3.05) is 5.32 Å². The van der Waals surface area contributed by atoms with Gasteiger partial charge in [-0.2, -0.15) is 0 Å². The van der Waals surface area contributed by atoms with E-state index in [2.05, 4.69) is 15.3 Å². The van der Waals surface area contributed by atoms with Gasteiger partial charge in [-0.1, -0.05) is 30.3 Å². The van der Waals surface area contributed by atoms with E-state index in [4.69, 9.17) is 0 Å². The van der Waals surface area contributed by atoms with Gasteiger partial charge in [-0.05, 0) is 38.1 Å². The Balaban J connectivity index is 1.79. The third-order valence-electron chi connectivity index (χ3n) is 3.81. The molecule has 0 saturated heterocycles. The number of aryl methyl sites for hydroxylation is 1. The van der Waals surface area contributed by atoms with Gasteiger partial charge in [0.1, 0.15) is 0 Å². The second kappa shape index (κ2) is 7.05. The quantitative estimate of drug-likeness (QED) is 0.736.